The molecule has 0 saturated carbocycles. The quantitative estimate of drug-likeness (QED) is 0.528. The van der Waals surface area contributed by atoms with Crippen LogP contribution in [0.1, 0.15) is 18.1 Å². The summed E-state index contributed by atoms with van der Waals surface area (Å²) in [6, 6.07) is 6.79. The number of hydrogen-bond acceptors (Lipinski definition) is 5. The molecule has 9 heteroatoms. The Kier molecular flexibility index (Phi) is 4.79. The number of carboxylic acids is 2. The molecule has 0 bridgehead atoms. The lowest BCUT2D eigenvalue weighted by Gasteiger charge is -2.03. The first-order valence-electron chi connectivity index (χ1n) is 6.93. The summed E-state index contributed by atoms with van der Waals surface area (Å²) in [5, 5.41) is 21.6. The minimum absolute atomic E-state index is 0.0432. The molecule has 0 aliphatic rings. The van der Waals surface area contributed by atoms with E-state index in [1.165, 1.54) is 0 Å². The number of hydrogen-bond donors (Lipinski definition) is 3. The van der Waals surface area contributed by atoms with Gasteiger partial charge in [0.1, 0.15) is 6.54 Å². The molecule has 1 heterocycles. The number of nitrogens with zero attached hydrogens (tertiary/aromatic N) is 3. The molecule has 9 nitrogen and oxygen atoms in total. The van der Waals surface area contributed by atoms with E-state index in [4.69, 9.17) is 10.2 Å². The third-order valence-electron chi connectivity index (χ3n) is 3.10. The zero-order valence-electron chi connectivity index (χ0n) is 12.4. The fourth-order valence-corrected chi connectivity index (χ4v) is 2.25. The van der Waals surface area contributed by atoms with Crippen LogP contribution < -0.4 is 11.0 Å². The Morgan fingerprint density at radius 3 is 2.39 bits per heavy atom. The van der Waals surface area contributed by atoms with Crippen molar-refractivity contribution >= 4 is 28.9 Å². The van der Waals surface area contributed by atoms with Gasteiger partial charge in [-0.25, -0.2) is 9.36 Å². The van der Waals surface area contributed by atoms with Gasteiger partial charge in [-0.2, -0.15) is 0 Å². The van der Waals surface area contributed by atoms with Crippen molar-refractivity contribution in [2.75, 3.05) is 6.54 Å². The minimum Gasteiger partial charge on any atom is -0.480 e. The molecule has 0 amide bonds. The largest absolute Gasteiger partial charge is 0.480 e. The lowest BCUT2D eigenvalue weighted by molar-refractivity contribution is -0.136. The Morgan fingerprint density at radius 2 is 1.83 bits per heavy atom. The van der Waals surface area contributed by atoms with E-state index in [1.54, 1.807) is 28.8 Å². The third-order valence-corrected chi connectivity index (χ3v) is 3.10. The van der Waals surface area contributed by atoms with Crippen LogP contribution in [0.5, 0.6) is 0 Å². The molecule has 23 heavy (non-hydrogen) atoms. The molecule has 2 aromatic rings. The van der Waals surface area contributed by atoms with Crippen LogP contribution in [0.15, 0.2) is 29.4 Å². The average molecular weight is 320 g/mol. The van der Waals surface area contributed by atoms with Crippen LogP contribution in [0.25, 0.3) is 11.0 Å². The average Bonchev–Trinajstić information content (AvgIpc) is 2.81. The Balaban J connectivity index is 2.75. The molecule has 0 aliphatic carbocycles. The molecule has 0 radical (unpaired) electrons. The van der Waals surface area contributed by atoms with Crippen molar-refractivity contribution in [3.05, 3.63) is 29.9 Å². The number of benzene rings is 1. The van der Waals surface area contributed by atoms with E-state index < -0.39 is 24.4 Å². The van der Waals surface area contributed by atoms with Gasteiger partial charge >= 0.3 is 17.8 Å². The molecule has 0 spiro atoms. The number of aromatic nitrogens is 2. The molecular weight excluding hydrogens is 304 g/mol. The van der Waals surface area contributed by atoms with Gasteiger partial charge in [-0.3, -0.25) is 15.0 Å². The lowest BCUT2D eigenvalue weighted by Crippen LogP contribution is -2.36. The van der Waals surface area contributed by atoms with E-state index in [1.807, 2.05) is 6.92 Å². The summed E-state index contributed by atoms with van der Waals surface area (Å²) in [6.45, 7) is 1.97. The molecular formula is C14H16N4O5. The predicted molar refractivity (Wildman–Crippen MR) is 79.7 cm³/mol. The number of para-hydroxylation sites is 2. The van der Waals surface area contributed by atoms with Crippen molar-refractivity contribution in [1.29, 1.82) is 0 Å². The van der Waals surface area contributed by atoms with E-state index in [2.05, 4.69) is 10.5 Å². The predicted octanol–water partition coefficient (Wildman–Crippen LogP) is 0.0675. The molecule has 1 aromatic heterocycles. The van der Waals surface area contributed by atoms with E-state index >= 15 is 0 Å². The Labute approximate surface area is 130 Å². The van der Waals surface area contributed by atoms with Crippen LogP contribution in [0.4, 0.5) is 0 Å². The van der Waals surface area contributed by atoms with Gasteiger partial charge in [-0.1, -0.05) is 19.1 Å². The Hall–Kier alpha value is -3.10. The first-order chi connectivity index (χ1) is 11.0. The summed E-state index contributed by atoms with van der Waals surface area (Å²) < 4.78 is 2.63. The van der Waals surface area contributed by atoms with Crippen molar-refractivity contribution in [3.63, 3.8) is 0 Å². The third kappa shape index (κ3) is 3.23. The van der Waals surface area contributed by atoms with Gasteiger partial charge in [0.2, 0.25) is 5.62 Å². The number of carbonyl (C=O) groups excluding carboxylic acids is 1. The van der Waals surface area contributed by atoms with Crippen LogP contribution in [-0.4, -0.2) is 43.7 Å². The fraction of sp³-hybridized carbons (Fsp3) is 0.286. The lowest BCUT2D eigenvalue weighted by atomic mass is 10.3. The number of fused-ring (bicyclic) bond motifs is 1. The zero-order chi connectivity index (χ0) is 17.0. The minimum atomic E-state index is -1.62. The number of rotatable bonds is 5. The normalized spacial score (nSPS) is 11.6. The standard InChI is InChI=1S/C14H16N4O5/c1-2-7-17-9-5-3-4-6-10(9)18(12(21)13(22)23)14(17)16-15-8-11(19)20/h3-6,15H,2,7-8H2,1H3,(H,19,20)(H,22,23)/b16-14-. The highest BCUT2D eigenvalue weighted by Gasteiger charge is 2.21. The molecule has 2 rings (SSSR count). The number of aliphatic carboxylic acids is 2. The number of carbonyl (C=O) groups is 3. The van der Waals surface area contributed by atoms with Gasteiger partial charge in [0.15, 0.2) is 0 Å². The first kappa shape index (κ1) is 16.3. The molecule has 122 valence electrons. The summed E-state index contributed by atoms with van der Waals surface area (Å²) >= 11 is 0. The number of imidazole rings is 1. The topological polar surface area (TPSA) is 126 Å². The van der Waals surface area contributed by atoms with Gasteiger partial charge in [0.05, 0.1) is 11.0 Å². The highest BCUT2D eigenvalue weighted by Crippen LogP contribution is 2.13. The second kappa shape index (κ2) is 6.77. The van der Waals surface area contributed by atoms with Crippen LogP contribution >= 0.6 is 0 Å². The van der Waals surface area contributed by atoms with E-state index in [0.29, 0.717) is 17.6 Å². The van der Waals surface area contributed by atoms with Gasteiger partial charge in [0.25, 0.3) is 0 Å². The monoisotopic (exact) mass is 320 g/mol. The van der Waals surface area contributed by atoms with Gasteiger partial charge < -0.3 is 14.8 Å². The van der Waals surface area contributed by atoms with Crippen LogP contribution in [-0.2, 0) is 16.1 Å². The van der Waals surface area contributed by atoms with Crippen LogP contribution in [0.3, 0.4) is 0 Å². The maximum atomic E-state index is 12.0. The molecule has 0 unspecified atom stereocenters. The molecule has 0 fully saturated rings. The first-order valence-corrected chi connectivity index (χ1v) is 6.93. The highest BCUT2D eigenvalue weighted by molar-refractivity contribution is 6.33. The summed E-state index contributed by atoms with van der Waals surface area (Å²) in [5.74, 6) is -3.90. The molecule has 3 N–H and O–H groups in total. The van der Waals surface area contributed by atoms with E-state index in [0.717, 1.165) is 11.0 Å². The van der Waals surface area contributed by atoms with Crippen molar-refractivity contribution in [2.45, 2.75) is 19.9 Å². The molecule has 1 aromatic carbocycles. The second-order valence-electron chi connectivity index (χ2n) is 4.73. The van der Waals surface area contributed by atoms with Crippen molar-refractivity contribution in [1.82, 2.24) is 14.6 Å². The summed E-state index contributed by atoms with van der Waals surface area (Å²) in [5.41, 5.74) is 3.41. The molecule has 0 aliphatic heterocycles. The van der Waals surface area contributed by atoms with Gasteiger partial charge in [-0.15, -0.1) is 5.10 Å². The van der Waals surface area contributed by atoms with Gasteiger partial charge in [0, 0.05) is 6.54 Å². The number of aryl methyl sites for hydroxylation is 1. The van der Waals surface area contributed by atoms with Crippen LogP contribution in [0, 0.1) is 0 Å². The van der Waals surface area contributed by atoms with Crippen molar-refractivity contribution in [2.24, 2.45) is 5.10 Å². The van der Waals surface area contributed by atoms with E-state index in [-0.39, 0.29) is 5.62 Å². The number of nitrogens with one attached hydrogen (secondary N) is 1. The second-order valence-corrected chi connectivity index (χ2v) is 4.73. The summed E-state index contributed by atoms with van der Waals surface area (Å²) in [6.07, 6.45) is 0.724. The van der Waals surface area contributed by atoms with Crippen molar-refractivity contribution < 1.29 is 24.6 Å². The van der Waals surface area contributed by atoms with Crippen LogP contribution in [0.2, 0.25) is 0 Å². The summed E-state index contributed by atoms with van der Waals surface area (Å²) in [7, 11) is 0. The highest BCUT2D eigenvalue weighted by atomic mass is 16.4. The molecule has 0 atom stereocenters. The van der Waals surface area contributed by atoms with Crippen molar-refractivity contribution in [3.8, 4) is 0 Å². The summed E-state index contributed by atoms with van der Waals surface area (Å²) in [4.78, 5) is 33.8. The Bertz CT molecular complexity index is 833. The maximum absolute atomic E-state index is 12.0. The molecule has 0 saturated heterocycles. The van der Waals surface area contributed by atoms with E-state index in [9.17, 15) is 14.4 Å². The number of carboxylic acid groups (broad SMARTS) is 2. The smallest absolute Gasteiger partial charge is 0.395 e. The fourth-order valence-electron chi connectivity index (χ4n) is 2.25. The maximum Gasteiger partial charge on any atom is 0.395 e. The SMILES string of the molecule is CCCn1/c(=N/NCC(=O)O)n(C(=O)C(=O)O)c2ccccc21. The zero-order valence-corrected chi connectivity index (χ0v) is 12.4. The van der Waals surface area contributed by atoms with Gasteiger partial charge in [-0.05, 0) is 18.6 Å². The Morgan fingerprint density at radius 1 is 1.17 bits per heavy atom.